The molecule has 0 amide bonds. The van der Waals surface area contributed by atoms with Gasteiger partial charge >= 0.3 is 0 Å². The average Bonchev–Trinajstić information content (AvgIpc) is 3.10. The smallest absolute Gasteiger partial charge is 0.0323 e. The van der Waals surface area contributed by atoms with Gasteiger partial charge in [0.2, 0.25) is 0 Å². The second-order valence-corrected chi connectivity index (χ2v) is 7.96. The van der Waals surface area contributed by atoms with Crippen molar-refractivity contribution in [2.45, 2.75) is 78.1 Å². The van der Waals surface area contributed by atoms with Crippen LogP contribution in [-0.2, 0) is 0 Å². The summed E-state index contributed by atoms with van der Waals surface area (Å²) in [5.41, 5.74) is 0.642. The van der Waals surface area contributed by atoms with Gasteiger partial charge in [-0.15, -0.1) is 0 Å². The van der Waals surface area contributed by atoms with Crippen LogP contribution in [0.4, 0.5) is 0 Å². The van der Waals surface area contributed by atoms with Crippen LogP contribution in [0.15, 0.2) is 0 Å². The number of fused-ring (bicyclic) bond motifs is 1. The normalized spacial score (nSPS) is 41.6. The average molecular weight is 234 g/mol. The molecule has 0 heteroatoms. The Kier molecular flexibility index (Phi) is 3.26. The van der Waals surface area contributed by atoms with E-state index in [1.54, 1.807) is 32.1 Å². The van der Waals surface area contributed by atoms with E-state index < -0.39 is 0 Å². The van der Waals surface area contributed by atoms with E-state index >= 15 is 0 Å². The summed E-state index contributed by atoms with van der Waals surface area (Å²) in [5.74, 6) is 4.38. The fourth-order valence-electron chi connectivity index (χ4n) is 4.87. The summed E-state index contributed by atoms with van der Waals surface area (Å²) in [4.78, 5) is 0. The Labute approximate surface area is 108 Å². The van der Waals surface area contributed by atoms with Gasteiger partial charge in [0, 0.05) is 0 Å². The summed E-state index contributed by atoms with van der Waals surface area (Å²) >= 11 is 0. The number of rotatable bonds is 2. The Morgan fingerprint density at radius 2 is 1.65 bits per heavy atom. The van der Waals surface area contributed by atoms with Gasteiger partial charge in [0.15, 0.2) is 0 Å². The first-order valence-corrected chi connectivity index (χ1v) is 8.15. The van der Waals surface area contributed by atoms with Gasteiger partial charge < -0.3 is 0 Å². The molecule has 0 aromatic heterocycles. The van der Waals surface area contributed by atoms with Crippen LogP contribution in [0.2, 0.25) is 0 Å². The molecule has 0 heterocycles. The summed E-state index contributed by atoms with van der Waals surface area (Å²) in [6.07, 6.45) is 15.4. The van der Waals surface area contributed by atoms with Crippen LogP contribution in [0.1, 0.15) is 78.1 Å². The van der Waals surface area contributed by atoms with E-state index in [0.29, 0.717) is 5.41 Å². The van der Waals surface area contributed by atoms with Crippen molar-refractivity contribution in [2.24, 2.45) is 29.1 Å². The van der Waals surface area contributed by atoms with Crippen LogP contribution in [0, 0.1) is 29.1 Å². The summed E-state index contributed by atoms with van der Waals surface area (Å²) < 4.78 is 0. The van der Waals surface area contributed by atoms with E-state index in [2.05, 4.69) is 13.8 Å². The van der Waals surface area contributed by atoms with Crippen molar-refractivity contribution in [2.75, 3.05) is 0 Å². The van der Waals surface area contributed by atoms with Crippen molar-refractivity contribution in [3.05, 3.63) is 0 Å². The fraction of sp³-hybridized carbons (Fsp3) is 1.00. The topological polar surface area (TPSA) is 0 Å². The van der Waals surface area contributed by atoms with Gasteiger partial charge in [-0.2, -0.15) is 0 Å². The van der Waals surface area contributed by atoms with Crippen molar-refractivity contribution in [1.82, 2.24) is 0 Å². The lowest BCUT2D eigenvalue weighted by Gasteiger charge is -2.41. The third-order valence-corrected chi connectivity index (χ3v) is 6.11. The largest absolute Gasteiger partial charge is 0.0596 e. The van der Waals surface area contributed by atoms with Crippen molar-refractivity contribution >= 4 is 0 Å². The minimum Gasteiger partial charge on any atom is -0.0596 e. The van der Waals surface area contributed by atoms with Crippen LogP contribution in [0.5, 0.6) is 0 Å². The monoisotopic (exact) mass is 234 g/mol. The molecule has 0 bridgehead atoms. The predicted octanol–water partition coefficient (Wildman–Crippen LogP) is 5.42. The maximum absolute atomic E-state index is 2.56. The maximum atomic E-state index is 2.56. The molecule has 3 aliphatic rings. The highest BCUT2D eigenvalue weighted by atomic mass is 14.5. The van der Waals surface area contributed by atoms with Crippen molar-refractivity contribution in [1.29, 1.82) is 0 Å². The molecule has 0 aromatic carbocycles. The molecule has 0 radical (unpaired) electrons. The Hall–Kier alpha value is 0. The number of hydrogen-bond acceptors (Lipinski definition) is 0. The van der Waals surface area contributed by atoms with Gasteiger partial charge in [-0.25, -0.2) is 0 Å². The molecule has 0 aromatic rings. The first kappa shape index (κ1) is 12.1. The fourth-order valence-corrected chi connectivity index (χ4v) is 4.87. The second-order valence-electron chi connectivity index (χ2n) is 7.96. The standard InChI is InChI=1S/C17H30/c1-17(2)10-9-14(11-13-7-8-13)12-15-5-3-4-6-16(15)17/h13-16H,3-12H2,1-2H3. The minimum absolute atomic E-state index is 0.642. The highest BCUT2D eigenvalue weighted by molar-refractivity contribution is 4.92. The first-order valence-electron chi connectivity index (χ1n) is 8.15. The zero-order chi connectivity index (χ0) is 11.9. The highest BCUT2D eigenvalue weighted by Crippen LogP contribution is 2.52. The van der Waals surface area contributed by atoms with E-state index in [9.17, 15) is 0 Å². The summed E-state index contributed by atoms with van der Waals surface area (Å²) in [5, 5.41) is 0. The molecule has 3 atom stereocenters. The van der Waals surface area contributed by atoms with Crippen molar-refractivity contribution in [3.8, 4) is 0 Å². The lowest BCUT2D eigenvalue weighted by Crippen LogP contribution is -2.31. The molecular formula is C17H30. The van der Waals surface area contributed by atoms with Gasteiger partial charge in [-0.1, -0.05) is 46.0 Å². The summed E-state index contributed by atoms with van der Waals surface area (Å²) in [7, 11) is 0. The zero-order valence-corrected chi connectivity index (χ0v) is 11.9. The second kappa shape index (κ2) is 4.59. The van der Waals surface area contributed by atoms with Gasteiger partial charge in [-0.05, 0) is 61.2 Å². The third-order valence-electron chi connectivity index (χ3n) is 6.11. The predicted molar refractivity (Wildman–Crippen MR) is 73.9 cm³/mol. The molecule has 3 fully saturated rings. The van der Waals surface area contributed by atoms with Gasteiger partial charge in [0.05, 0.1) is 0 Å². The van der Waals surface area contributed by atoms with E-state index in [0.717, 1.165) is 23.7 Å². The van der Waals surface area contributed by atoms with E-state index in [-0.39, 0.29) is 0 Å². The molecule has 0 spiro atoms. The molecule has 3 unspecified atom stereocenters. The Balaban J connectivity index is 1.69. The quantitative estimate of drug-likeness (QED) is 0.598. The van der Waals surface area contributed by atoms with Crippen molar-refractivity contribution in [3.63, 3.8) is 0 Å². The lowest BCUT2D eigenvalue weighted by atomic mass is 9.65. The molecule has 17 heavy (non-hydrogen) atoms. The van der Waals surface area contributed by atoms with Crippen LogP contribution in [0.25, 0.3) is 0 Å². The third kappa shape index (κ3) is 2.71. The SMILES string of the molecule is CC1(C)CCC(CC2CC2)CC2CCCCC21. The molecule has 3 saturated carbocycles. The summed E-state index contributed by atoms with van der Waals surface area (Å²) in [6.45, 7) is 5.13. The van der Waals surface area contributed by atoms with E-state index in [1.807, 2.05) is 0 Å². The van der Waals surface area contributed by atoms with Crippen LogP contribution < -0.4 is 0 Å². The van der Waals surface area contributed by atoms with Crippen LogP contribution >= 0.6 is 0 Å². The van der Waals surface area contributed by atoms with Gasteiger partial charge in [0.25, 0.3) is 0 Å². The molecule has 3 aliphatic carbocycles. The van der Waals surface area contributed by atoms with Crippen LogP contribution in [0.3, 0.4) is 0 Å². The Morgan fingerprint density at radius 3 is 2.41 bits per heavy atom. The van der Waals surface area contributed by atoms with E-state index in [1.165, 1.54) is 32.1 Å². The van der Waals surface area contributed by atoms with Gasteiger partial charge in [-0.3, -0.25) is 0 Å². The maximum Gasteiger partial charge on any atom is -0.0323 e. The molecule has 0 aliphatic heterocycles. The highest BCUT2D eigenvalue weighted by Gasteiger charge is 2.41. The molecule has 98 valence electrons. The Morgan fingerprint density at radius 1 is 0.882 bits per heavy atom. The lowest BCUT2D eigenvalue weighted by molar-refractivity contribution is 0.0944. The van der Waals surface area contributed by atoms with E-state index in [4.69, 9.17) is 0 Å². The molecule has 3 rings (SSSR count). The molecule has 0 saturated heterocycles. The molecular weight excluding hydrogens is 204 g/mol. The molecule has 0 nitrogen and oxygen atoms in total. The number of hydrogen-bond donors (Lipinski definition) is 0. The van der Waals surface area contributed by atoms with Gasteiger partial charge in [0.1, 0.15) is 0 Å². The minimum atomic E-state index is 0.642. The summed E-state index contributed by atoms with van der Waals surface area (Å²) in [6, 6.07) is 0. The Bertz CT molecular complexity index is 261. The van der Waals surface area contributed by atoms with Crippen LogP contribution in [-0.4, -0.2) is 0 Å². The molecule has 0 N–H and O–H groups in total. The zero-order valence-electron chi connectivity index (χ0n) is 11.9. The first-order chi connectivity index (χ1) is 8.15. The van der Waals surface area contributed by atoms with Crippen molar-refractivity contribution < 1.29 is 0 Å².